The first-order valence-electron chi connectivity index (χ1n) is 28.7. The van der Waals surface area contributed by atoms with Crippen molar-refractivity contribution in [1.82, 2.24) is 4.90 Å². The lowest BCUT2D eigenvalue weighted by atomic mass is 9.78. The molecule has 4 aliphatic heterocycles. The molecule has 0 radical (unpaired) electrons. The Morgan fingerprint density at radius 2 is 1.53 bits per heavy atom. The number of piperidine rings is 1. The molecule has 0 aromatic heterocycles. The average Bonchev–Trinajstić information content (AvgIpc) is 3.43. The first-order chi connectivity index (χ1) is 37.2. The fraction of sp³-hybridized carbons (Fsp3) is 0.754. The van der Waals surface area contributed by atoms with Gasteiger partial charge in [0.25, 0.3) is 11.7 Å². The Morgan fingerprint density at radius 1 is 0.835 bits per heavy atom. The molecule has 0 spiro atoms. The fourth-order valence-corrected chi connectivity index (χ4v) is 11.8. The van der Waals surface area contributed by atoms with Gasteiger partial charge in [-0.1, -0.05) is 71.1 Å². The quantitative estimate of drug-likeness (QED) is 0.0974. The summed E-state index contributed by atoms with van der Waals surface area (Å²) < 4.78 is 47.8. The summed E-state index contributed by atoms with van der Waals surface area (Å²) in [5.74, 6) is -11.9. The van der Waals surface area contributed by atoms with Crippen LogP contribution >= 0.6 is 0 Å². The maximum absolute atomic E-state index is 14.7. The van der Waals surface area contributed by atoms with Crippen LogP contribution in [0.3, 0.4) is 0 Å². The molecule has 1 amide bonds. The van der Waals surface area contributed by atoms with Crippen molar-refractivity contribution in [1.29, 1.82) is 0 Å². The lowest BCUT2D eigenvalue weighted by Gasteiger charge is -2.43. The summed E-state index contributed by atoms with van der Waals surface area (Å²) in [6.45, 7) is 18.7. The summed E-state index contributed by atoms with van der Waals surface area (Å²) in [5, 5.41) is 22.8. The van der Waals surface area contributed by atoms with Gasteiger partial charge in [0.05, 0.1) is 44.1 Å². The van der Waals surface area contributed by atoms with Crippen LogP contribution in [0.5, 0.6) is 0 Å². The normalized spacial score (nSPS) is 36.6. The summed E-state index contributed by atoms with van der Waals surface area (Å²) in [6.07, 6.45) is 11.3. The topological polar surface area (TPSA) is 237 Å². The van der Waals surface area contributed by atoms with Gasteiger partial charge in [0.1, 0.15) is 41.3 Å². The van der Waals surface area contributed by atoms with Crippen molar-refractivity contribution >= 4 is 41.2 Å². The van der Waals surface area contributed by atoms with E-state index in [1.807, 2.05) is 51.2 Å². The van der Waals surface area contributed by atoms with Crippen LogP contribution in [0.25, 0.3) is 0 Å². The minimum Gasteiger partial charge on any atom is -0.460 e. The molecular formula is C61H93NO17. The Bertz CT molecular complexity index is 2260. The third-order valence-corrected chi connectivity index (χ3v) is 17.1. The molecular weight excluding hydrogens is 1020 g/mol. The Kier molecular flexibility index (Phi) is 24.0. The lowest BCUT2D eigenvalue weighted by Crippen LogP contribution is -2.61. The highest BCUT2D eigenvalue weighted by atomic mass is 16.7. The maximum atomic E-state index is 14.7. The smallest absolute Gasteiger partial charge is 0.329 e. The van der Waals surface area contributed by atoms with Crippen molar-refractivity contribution in [2.75, 3.05) is 40.6 Å². The van der Waals surface area contributed by atoms with Gasteiger partial charge in [0.15, 0.2) is 5.79 Å². The zero-order chi connectivity index (χ0) is 58.6. The van der Waals surface area contributed by atoms with E-state index in [1.165, 1.54) is 11.8 Å². The van der Waals surface area contributed by atoms with Gasteiger partial charge < -0.3 is 53.0 Å². The van der Waals surface area contributed by atoms with E-state index in [2.05, 4.69) is 0 Å². The summed E-state index contributed by atoms with van der Waals surface area (Å²) in [7, 11) is 3.12. The molecule has 15 atom stereocenters. The standard InChI is InChI=1S/C61H93NO17/c1-36-19-15-14-16-20-37(2)50(72-12)31-45-24-22-42(7)61(71,79-45)55(67)56(68)62-26-18-17-21-47(62)57(69)77-51(32-48(65)38(3)28-41(6)54(76-43(8)64)46(33-63)53(66)40(5)27-36)39(4)29-44-23-25-49(52(30-44)73-13)78-58(70)60(11)34-74-59(9,10)75-35-60/h14-16,19-20,28,36,38-40,42,44-47,49-52,54,63,71H,17-18,21-27,29-35H2,1-13H3/b16-14?,19-15+,37-20?,41-28+/t36-,38-,39-,40-,42-,44+,45+,46+,47+,49-,50+,51+,52-,54-,61-/m1/s1. The first-order valence-corrected chi connectivity index (χ1v) is 28.7. The van der Waals surface area contributed by atoms with Crippen LogP contribution in [0.15, 0.2) is 47.6 Å². The van der Waals surface area contributed by atoms with Crippen molar-refractivity contribution < 1.29 is 81.7 Å². The predicted molar refractivity (Wildman–Crippen MR) is 292 cm³/mol. The van der Waals surface area contributed by atoms with E-state index in [4.69, 9.17) is 37.9 Å². The second kappa shape index (κ2) is 29.0. The lowest BCUT2D eigenvalue weighted by molar-refractivity contribution is -0.283. The van der Waals surface area contributed by atoms with Crippen molar-refractivity contribution in [3.63, 3.8) is 0 Å². The van der Waals surface area contributed by atoms with Crippen LogP contribution in [0.1, 0.15) is 153 Å². The number of methoxy groups -OCH3 is 2. The van der Waals surface area contributed by atoms with E-state index in [-0.39, 0.29) is 62.4 Å². The number of rotatable bonds is 9. The number of esters is 3. The molecule has 79 heavy (non-hydrogen) atoms. The molecule has 2 bridgehead atoms. The van der Waals surface area contributed by atoms with Crippen LogP contribution in [0.4, 0.5) is 0 Å². The number of fused-ring (bicyclic) bond motifs is 3. The number of amides is 1. The number of aliphatic hydroxyl groups is 2. The highest BCUT2D eigenvalue weighted by molar-refractivity contribution is 6.39. The SMILES string of the molecule is CO[C@H]1C[C@@H]2CC[C@@H](C)[C@@](O)(O2)C(=O)C(=O)N2CCCC[C@H]2C(=O)O[C@H]([C@H](C)C[C@@H]2CC[C@@H](OC(=O)C3(C)COC(C)(C)OC3)[C@H](OC)C2)CC(=O)[C@H](C)/C=C(\C)[C@@H](OC(C)=O)[C@@H](CO)C(=O)[C@H](C)C[C@H](C)/C=C/C=CC=C1C. The molecule has 2 N–H and O–H groups in total. The molecule has 18 heteroatoms. The van der Waals surface area contributed by atoms with Gasteiger partial charge in [0.2, 0.25) is 5.79 Å². The van der Waals surface area contributed by atoms with Gasteiger partial charge in [0, 0.05) is 58.3 Å². The number of aliphatic hydroxyl groups excluding tert-OH is 1. The number of hydrogen-bond acceptors (Lipinski definition) is 17. The predicted octanol–water partition coefficient (Wildman–Crippen LogP) is 7.69. The molecule has 4 heterocycles. The number of hydrogen-bond donors (Lipinski definition) is 2. The van der Waals surface area contributed by atoms with Crippen molar-refractivity contribution in [3.8, 4) is 0 Å². The van der Waals surface area contributed by atoms with Gasteiger partial charge in [-0.05, 0) is 128 Å². The van der Waals surface area contributed by atoms with E-state index in [0.717, 1.165) is 5.57 Å². The Hall–Kier alpha value is -4.43. The third kappa shape index (κ3) is 17.3. The maximum Gasteiger partial charge on any atom is 0.329 e. The number of ether oxygens (including phenoxy) is 8. The summed E-state index contributed by atoms with van der Waals surface area (Å²) in [4.78, 5) is 99.6. The summed E-state index contributed by atoms with van der Waals surface area (Å²) >= 11 is 0. The number of ketones is 3. The van der Waals surface area contributed by atoms with Crippen LogP contribution in [-0.4, -0.2) is 151 Å². The van der Waals surface area contributed by atoms with Crippen LogP contribution in [0.2, 0.25) is 0 Å². The number of carbonyl (C=O) groups is 7. The fourth-order valence-electron chi connectivity index (χ4n) is 11.8. The molecule has 3 saturated heterocycles. The van der Waals surface area contributed by atoms with Gasteiger partial charge in [-0.3, -0.25) is 28.8 Å². The second-order valence-corrected chi connectivity index (χ2v) is 24.2. The molecule has 1 aliphatic carbocycles. The minimum atomic E-state index is -2.48. The molecule has 5 aliphatic rings. The van der Waals surface area contributed by atoms with Crippen molar-refractivity contribution in [3.05, 3.63) is 47.6 Å². The van der Waals surface area contributed by atoms with E-state index in [9.17, 15) is 43.8 Å². The molecule has 4 fully saturated rings. The van der Waals surface area contributed by atoms with Crippen LogP contribution < -0.4 is 0 Å². The highest BCUT2D eigenvalue weighted by Gasteiger charge is 2.53. The summed E-state index contributed by atoms with van der Waals surface area (Å²) in [5.41, 5.74) is 0.224. The number of cyclic esters (lactones) is 1. The molecule has 1 saturated carbocycles. The van der Waals surface area contributed by atoms with Crippen LogP contribution in [0, 0.1) is 46.8 Å². The number of nitrogens with zero attached hydrogens (tertiary/aromatic N) is 1. The number of carbonyl (C=O) groups excluding carboxylic acids is 7. The monoisotopic (exact) mass is 1110 g/mol. The van der Waals surface area contributed by atoms with Crippen molar-refractivity contribution in [2.24, 2.45) is 46.8 Å². The number of Topliss-reactive ketones (excluding diaryl/α,β-unsaturated/α-hetero) is 3. The van der Waals surface area contributed by atoms with E-state index < -0.39 is 125 Å². The Labute approximate surface area is 468 Å². The molecule has 0 aromatic rings. The molecule has 5 rings (SSSR count). The zero-order valence-corrected chi connectivity index (χ0v) is 49.3. The molecule has 0 unspecified atom stereocenters. The zero-order valence-electron chi connectivity index (χ0n) is 49.3. The summed E-state index contributed by atoms with van der Waals surface area (Å²) in [6, 6.07) is -1.21. The largest absolute Gasteiger partial charge is 0.460 e. The Balaban J connectivity index is 1.47. The first kappa shape index (κ1) is 65.4. The second-order valence-electron chi connectivity index (χ2n) is 24.2. The van der Waals surface area contributed by atoms with Gasteiger partial charge in [-0.25, -0.2) is 4.79 Å². The van der Waals surface area contributed by atoms with E-state index >= 15 is 0 Å². The van der Waals surface area contributed by atoms with E-state index in [1.54, 1.807) is 68.8 Å². The van der Waals surface area contributed by atoms with Gasteiger partial charge >= 0.3 is 17.9 Å². The van der Waals surface area contributed by atoms with E-state index in [0.29, 0.717) is 63.4 Å². The minimum absolute atomic E-state index is 0.0159. The van der Waals surface area contributed by atoms with Crippen LogP contribution in [-0.2, 0) is 71.5 Å². The Morgan fingerprint density at radius 3 is 2.18 bits per heavy atom. The van der Waals surface area contributed by atoms with Gasteiger partial charge in [-0.15, -0.1) is 0 Å². The average molecular weight is 1110 g/mol. The van der Waals surface area contributed by atoms with Crippen molar-refractivity contribution in [2.45, 2.75) is 207 Å². The number of allylic oxidation sites excluding steroid dienone is 6. The molecule has 18 nitrogen and oxygen atoms in total. The third-order valence-electron chi connectivity index (χ3n) is 17.1. The highest BCUT2D eigenvalue weighted by Crippen LogP contribution is 2.39. The van der Waals surface area contributed by atoms with Gasteiger partial charge in [-0.2, -0.15) is 0 Å². The molecule has 444 valence electrons. The molecule has 0 aromatic carbocycles.